The van der Waals surface area contributed by atoms with Crippen LogP contribution in [0.3, 0.4) is 0 Å². The molecule has 19 heavy (non-hydrogen) atoms. The van der Waals surface area contributed by atoms with Crippen molar-refractivity contribution < 1.29 is 4.92 Å². The minimum Gasteiger partial charge on any atom is -0.378 e. The van der Waals surface area contributed by atoms with Crippen molar-refractivity contribution in [3.8, 4) is 0 Å². The van der Waals surface area contributed by atoms with Crippen LogP contribution in [-0.2, 0) is 6.54 Å². The second-order valence-corrected chi connectivity index (χ2v) is 4.39. The van der Waals surface area contributed by atoms with Crippen molar-refractivity contribution in [3.05, 3.63) is 62.9 Å². The van der Waals surface area contributed by atoms with Crippen molar-refractivity contribution >= 4 is 23.0 Å². The van der Waals surface area contributed by atoms with Crippen molar-refractivity contribution in [1.82, 2.24) is 4.98 Å². The Morgan fingerprint density at radius 3 is 2.79 bits per heavy atom. The third-order valence-corrected chi connectivity index (χ3v) is 3.04. The quantitative estimate of drug-likeness (QED) is 0.527. The van der Waals surface area contributed by atoms with Crippen LogP contribution in [0.1, 0.15) is 11.1 Å². The monoisotopic (exact) mass is 277 g/mol. The van der Waals surface area contributed by atoms with Gasteiger partial charge >= 0.3 is 0 Å². The van der Waals surface area contributed by atoms with Gasteiger partial charge in [0.1, 0.15) is 0 Å². The molecule has 0 spiro atoms. The topological polar surface area (TPSA) is 68.1 Å². The number of para-hydroxylation sites is 1. The summed E-state index contributed by atoms with van der Waals surface area (Å²) in [6.07, 6.45) is 1.62. The number of benzene rings is 1. The van der Waals surface area contributed by atoms with Gasteiger partial charge in [-0.25, -0.2) is 4.98 Å². The Balaban J connectivity index is 2.22. The molecular weight excluding hydrogens is 266 g/mol. The van der Waals surface area contributed by atoms with Gasteiger partial charge in [-0.05, 0) is 18.6 Å². The summed E-state index contributed by atoms with van der Waals surface area (Å²) in [5, 5.41) is 14.4. The highest BCUT2D eigenvalue weighted by Gasteiger charge is 2.13. The molecule has 0 aliphatic heterocycles. The van der Waals surface area contributed by atoms with Crippen LogP contribution in [0.5, 0.6) is 0 Å². The van der Waals surface area contributed by atoms with E-state index in [1.807, 2.05) is 13.0 Å². The van der Waals surface area contributed by atoms with E-state index in [9.17, 15) is 10.1 Å². The zero-order valence-electron chi connectivity index (χ0n) is 10.3. The number of nitrogens with zero attached hydrogens (tertiary/aromatic N) is 2. The van der Waals surface area contributed by atoms with E-state index in [2.05, 4.69) is 10.3 Å². The van der Waals surface area contributed by atoms with Crippen LogP contribution in [0.4, 0.5) is 11.4 Å². The molecule has 0 unspecified atom stereocenters. The molecule has 0 fully saturated rings. The van der Waals surface area contributed by atoms with Crippen molar-refractivity contribution in [2.24, 2.45) is 0 Å². The molecule has 0 aliphatic carbocycles. The predicted octanol–water partition coefficient (Wildman–Crippen LogP) is 3.56. The molecule has 1 aromatic heterocycles. The SMILES string of the molecule is Cc1ccnc(Cl)c1NCc1ccccc1[N+](=O)[O-]. The summed E-state index contributed by atoms with van der Waals surface area (Å²) in [6.45, 7) is 2.22. The predicted molar refractivity (Wildman–Crippen MR) is 74.4 cm³/mol. The maximum atomic E-state index is 10.9. The Morgan fingerprint density at radius 1 is 1.37 bits per heavy atom. The van der Waals surface area contributed by atoms with Crippen LogP contribution >= 0.6 is 11.6 Å². The van der Waals surface area contributed by atoms with E-state index in [-0.39, 0.29) is 5.69 Å². The zero-order valence-corrected chi connectivity index (χ0v) is 11.0. The fraction of sp³-hybridized carbons (Fsp3) is 0.154. The number of nitrogens with one attached hydrogen (secondary N) is 1. The molecule has 98 valence electrons. The van der Waals surface area contributed by atoms with Gasteiger partial charge in [-0.3, -0.25) is 10.1 Å². The highest BCUT2D eigenvalue weighted by Crippen LogP contribution is 2.25. The molecule has 5 nitrogen and oxygen atoms in total. The second kappa shape index (κ2) is 5.67. The molecule has 0 atom stereocenters. The largest absolute Gasteiger partial charge is 0.378 e. The van der Waals surface area contributed by atoms with E-state index in [4.69, 9.17) is 11.6 Å². The maximum Gasteiger partial charge on any atom is 0.274 e. The first-order chi connectivity index (χ1) is 9.09. The molecule has 2 aromatic rings. The number of aryl methyl sites for hydroxylation is 1. The van der Waals surface area contributed by atoms with Gasteiger partial charge in [-0.15, -0.1) is 0 Å². The Morgan fingerprint density at radius 2 is 2.11 bits per heavy atom. The normalized spacial score (nSPS) is 10.2. The van der Waals surface area contributed by atoms with Gasteiger partial charge in [0.15, 0.2) is 5.15 Å². The standard InChI is InChI=1S/C13H12ClN3O2/c1-9-6-7-15-13(14)12(9)16-8-10-4-2-3-5-11(10)17(18)19/h2-7,16H,8H2,1H3. The van der Waals surface area contributed by atoms with Crippen molar-refractivity contribution in [3.63, 3.8) is 0 Å². The lowest BCUT2D eigenvalue weighted by Gasteiger charge is -2.10. The molecule has 1 aromatic carbocycles. The van der Waals surface area contributed by atoms with Crippen molar-refractivity contribution in [1.29, 1.82) is 0 Å². The number of anilines is 1. The van der Waals surface area contributed by atoms with Crippen LogP contribution in [0.2, 0.25) is 5.15 Å². The van der Waals surface area contributed by atoms with Crippen LogP contribution < -0.4 is 5.32 Å². The molecule has 0 saturated carbocycles. The maximum absolute atomic E-state index is 10.9. The Hall–Kier alpha value is -2.14. The van der Waals surface area contributed by atoms with Crippen LogP contribution in [0, 0.1) is 17.0 Å². The minimum atomic E-state index is -0.394. The summed E-state index contributed by atoms with van der Waals surface area (Å²) in [5.74, 6) is 0. The molecule has 0 amide bonds. The molecular formula is C13H12ClN3O2. The van der Waals surface area contributed by atoms with Crippen LogP contribution in [0.15, 0.2) is 36.5 Å². The Labute approximate surface area is 115 Å². The molecule has 2 rings (SSSR count). The first kappa shape index (κ1) is 13.3. The van der Waals surface area contributed by atoms with E-state index in [1.165, 1.54) is 6.07 Å². The fourth-order valence-electron chi connectivity index (χ4n) is 1.76. The van der Waals surface area contributed by atoms with Gasteiger partial charge in [-0.1, -0.05) is 29.8 Å². The number of halogens is 1. The zero-order chi connectivity index (χ0) is 13.8. The van der Waals surface area contributed by atoms with E-state index >= 15 is 0 Å². The summed E-state index contributed by atoms with van der Waals surface area (Å²) < 4.78 is 0. The Bertz CT molecular complexity index is 596. The van der Waals surface area contributed by atoms with E-state index < -0.39 is 4.92 Å². The highest BCUT2D eigenvalue weighted by molar-refractivity contribution is 6.32. The number of aromatic nitrogens is 1. The summed E-state index contributed by atoms with van der Waals surface area (Å²) in [5.41, 5.74) is 2.33. The number of nitro groups is 1. The molecule has 0 saturated heterocycles. The van der Waals surface area contributed by atoms with E-state index in [0.29, 0.717) is 22.9 Å². The van der Waals surface area contributed by atoms with Crippen molar-refractivity contribution in [2.75, 3.05) is 5.32 Å². The molecule has 0 aliphatic rings. The van der Waals surface area contributed by atoms with Gasteiger partial charge < -0.3 is 5.32 Å². The summed E-state index contributed by atoms with van der Waals surface area (Å²) >= 11 is 5.99. The summed E-state index contributed by atoms with van der Waals surface area (Å²) in [6, 6.07) is 8.43. The number of pyridine rings is 1. The number of nitro benzene ring substituents is 1. The fourth-order valence-corrected chi connectivity index (χ4v) is 2.03. The average Bonchev–Trinajstić information content (AvgIpc) is 2.38. The average molecular weight is 278 g/mol. The molecule has 0 radical (unpaired) electrons. The number of hydrogen-bond donors (Lipinski definition) is 1. The second-order valence-electron chi connectivity index (χ2n) is 4.03. The smallest absolute Gasteiger partial charge is 0.274 e. The molecule has 0 bridgehead atoms. The van der Waals surface area contributed by atoms with E-state index in [0.717, 1.165) is 5.56 Å². The van der Waals surface area contributed by atoms with E-state index in [1.54, 1.807) is 24.4 Å². The Kier molecular flexibility index (Phi) is 3.97. The lowest BCUT2D eigenvalue weighted by Crippen LogP contribution is -2.05. The van der Waals surface area contributed by atoms with Crippen LogP contribution in [-0.4, -0.2) is 9.91 Å². The number of rotatable bonds is 4. The number of hydrogen-bond acceptors (Lipinski definition) is 4. The third kappa shape index (κ3) is 3.00. The third-order valence-electron chi connectivity index (χ3n) is 2.76. The summed E-state index contributed by atoms with van der Waals surface area (Å²) in [7, 11) is 0. The summed E-state index contributed by atoms with van der Waals surface area (Å²) in [4.78, 5) is 14.5. The van der Waals surface area contributed by atoms with Gasteiger partial charge in [-0.2, -0.15) is 0 Å². The van der Waals surface area contributed by atoms with Crippen molar-refractivity contribution in [2.45, 2.75) is 13.5 Å². The molecule has 6 heteroatoms. The van der Waals surface area contributed by atoms with Gasteiger partial charge in [0.2, 0.25) is 0 Å². The van der Waals surface area contributed by atoms with Gasteiger partial charge in [0.25, 0.3) is 5.69 Å². The lowest BCUT2D eigenvalue weighted by atomic mass is 10.1. The highest BCUT2D eigenvalue weighted by atomic mass is 35.5. The minimum absolute atomic E-state index is 0.0904. The van der Waals surface area contributed by atoms with Gasteiger partial charge in [0, 0.05) is 24.4 Å². The first-order valence-corrected chi connectivity index (χ1v) is 6.04. The van der Waals surface area contributed by atoms with Crippen LogP contribution in [0.25, 0.3) is 0 Å². The molecule has 1 heterocycles. The lowest BCUT2D eigenvalue weighted by molar-refractivity contribution is -0.385. The van der Waals surface area contributed by atoms with Gasteiger partial charge in [0.05, 0.1) is 10.6 Å². The molecule has 1 N–H and O–H groups in total. The first-order valence-electron chi connectivity index (χ1n) is 5.67.